The molecular weight excluding hydrogens is 268 g/mol. The second kappa shape index (κ2) is 5.78. The largest absolute Gasteiger partial charge is 0.361 e. The maximum Gasteiger partial charge on any atom is 0.267 e. The standard InChI is InChI=1S/C15H16N4O2/c20-14-6-5-13(18-19-14)15(21)16-8-7-10-9-17-12-4-2-1-3-11(10)12/h1-4,9,17H,5-8H2,(H,16,21)(H,19,20). The van der Waals surface area contributed by atoms with Crippen LogP contribution in [0.3, 0.4) is 0 Å². The van der Waals surface area contributed by atoms with Crippen LogP contribution in [0.15, 0.2) is 35.6 Å². The van der Waals surface area contributed by atoms with E-state index in [1.54, 1.807) is 0 Å². The lowest BCUT2D eigenvalue weighted by Gasteiger charge is -2.11. The molecule has 1 aliphatic heterocycles. The van der Waals surface area contributed by atoms with Crippen molar-refractivity contribution in [3.63, 3.8) is 0 Å². The number of hydrogen-bond donors (Lipinski definition) is 3. The first-order valence-electron chi connectivity index (χ1n) is 6.92. The summed E-state index contributed by atoms with van der Waals surface area (Å²) in [6, 6.07) is 8.07. The molecule has 2 aromatic rings. The lowest BCUT2D eigenvalue weighted by Crippen LogP contribution is -2.37. The molecule has 0 radical (unpaired) electrons. The van der Waals surface area contributed by atoms with Crippen molar-refractivity contribution in [2.24, 2.45) is 5.10 Å². The van der Waals surface area contributed by atoms with Crippen molar-refractivity contribution in [1.29, 1.82) is 0 Å². The Balaban J connectivity index is 1.56. The van der Waals surface area contributed by atoms with Crippen molar-refractivity contribution in [3.05, 3.63) is 36.0 Å². The lowest BCUT2D eigenvalue weighted by molar-refractivity contribution is -0.121. The Bertz CT molecular complexity index is 717. The molecule has 3 N–H and O–H groups in total. The van der Waals surface area contributed by atoms with Gasteiger partial charge in [0.2, 0.25) is 5.91 Å². The normalized spacial score (nSPS) is 14.7. The Morgan fingerprint density at radius 1 is 1.29 bits per heavy atom. The Hall–Kier alpha value is -2.63. The molecule has 0 unspecified atom stereocenters. The monoisotopic (exact) mass is 284 g/mol. The first-order valence-corrected chi connectivity index (χ1v) is 6.92. The zero-order valence-electron chi connectivity index (χ0n) is 11.5. The van der Waals surface area contributed by atoms with Crippen molar-refractivity contribution >= 4 is 28.4 Å². The fourth-order valence-corrected chi connectivity index (χ4v) is 2.39. The van der Waals surface area contributed by atoms with Crippen LogP contribution in [-0.2, 0) is 16.0 Å². The summed E-state index contributed by atoms with van der Waals surface area (Å²) in [7, 11) is 0. The predicted octanol–water partition coefficient (Wildman–Crippen LogP) is 1.09. The maximum absolute atomic E-state index is 11.9. The fraction of sp³-hybridized carbons (Fsp3) is 0.267. The second-order valence-electron chi connectivity index (χ2n) is 4.96. The van der Waals surface area contributed by atoms with Crippen molar-refractivity contribution in [2.75, 3.05) is 6.54 Å². The minimum absolute atomic E-state index is 0.148. The molecule has 6 nitrogen and oxygen atoms in total. The molecule has 2 heterocycles. The molecular formula is C15H16N4O2. The van der Waals surface area contributed by atoms with E-state index in [1.807, 2.05) is 24.4 Å². The molecule has 0 aliphatic carbocycles. The fourth-order valence-electron chi connectivity index (χ4n) is 2.39. The Morgan fingerprint density at radius 3 is 2.95 bits per heavy atom. The summed E-state index contributed by atoms with van der Waals surface area (Å²) in [6.07, 6.45) is 3.42. The predicted molar refractivity (Wildman–Crippen MR) is 79.8 cm³/mol. The van der Waals surface area contributed by atoms with Crippen LogP contribution in [0.4, 0.5) is 0 Å². The zero-order valence-corrected chi connectivity index (χ0v) is 11.5. The molecule has 0 spiro atoms. The number of para-hydroxylation sites is 1. The van der Waals surface area contributed by atoms with Crippen LogP contribution in [0.25, 0.3) is 10.9 Å². The first kappa shape index (κ1) is 13.4. The van der Waals surface area contributed by atoms with Gasteiger partial charge in [-0.2, -0.15) is 5.10 Å². The molecule has 0 atom stereocenters. The van der Waals surface area contributed by atoms with Crippen LogP contribution in [-0.4, -0.2) is 29.1 Å². The number of hydrogen-bond acceptors (Lipinski definition) is 3. The highest BCUT2D eigenvalue weighted by atomic mass is 16.2. The third-order valence-corrected chi connectivity index (χ3v) is 3.52. The van der Waals surface area contributed by atoms with Gasteiger partial charge in [-0.05, 0) is 18.1 Å². The van der Waals surface area contributed by atoms with Crippen LogP contribution < -0.4 is 10.7 Å². The molecule has 0 fully saturated rings. The van der Waals surface area contributed by atoms with E-state index in [2.05, 4.69) is 26.9 Å². The summed E-state index contributed by atoms with van der Waals surface area (Å²) in [4.78, 5) is 26.1. The van der Waals surface area contributed by atoms with Gasteiger partial charge < -0.3 is 10.3 Å². The molecule has 0 saturated carbocycles. The van der Waals surface area contributed by atoms with Crippen molar-refractivity contribution < 1.29 is 9.59 Å². The summed E-state index contributed by atoms with van der Waals surface area (Å²) in [5, 5.41) is 7.79. The average Bonchev–Trinajstić information content (AvgIpc) is 2.91. The van der Waals surface area contributed by atoms with Gasteiger partial charge in [0.15, 0.2) is 0 Å². The van der Waals surface area contributed by atoms with Crippen molar-refractivity contribution in [1.82, 2.24) is 15.7 Å². The van der Waals surface area contributed by atoms with Crippen molar-refractivity contribution in [3.8, 4) is 0 Å². The maximum atomic E-state index is 11.9. The number of carbonyl (C=O) groups is 2. The number of carbonyl (C=O) groups excluding carboxylic acids is 2. The minimum Gasteiger partial charge on any atom is -0.361 e. The van der Waals surface area contributed by atoms with Gasteiger partial charge in [0.25, 0.3) is 5.91 Å². The molecule has 0 bridgehead atoms. The molecule has 1 aromatic carbocycles. The van der Waals surface area contributed by atoms with Crippen LogP contribution in [0.5, 0.6) is 0 Å². The number of amides is 2. The average molecular weight is 284 g/mol. The molecule has 1 aliphatic rings. The van der Waals surface area contributed by atoms with E-state index in [0.717, 1.165) is 11.9 Å². The van der Waals surface area contributed by atoms with Gasteiger partial charge in [0.05, 0.1) is 0 Å². The molecule has 6 heteroatoms. The molecule has 108 valence electrons. The van der Waals surface area contributed by atoms with E-state index < -0.39 is 0 Å². The molecule has 1 aromatic heterocycles. The van der Waals surface area contributed by atoms with Gasteiger partial charge >= 0.3 is 0 Å². The Kier molecular flexibility index (Phi) is 3.68. The molecule has 2 amide bonds. The number of nitrogens with zero attached hydrogens (tertiary/aromatic N) is 1. The molecule has 21 heavy (non-hydrogen) atoms. The summed E-state index contributed by atoms with van der Waals surface area (Å²) in [5.74, 6) is -0.361. The van der Waals surface area contributed by atoms with Gasteiger partial charge in [-0.15, -0.1) is 0 Å². The van der Waals surface area contributed by atoms with Crippen LogP contribution in [0, 0.1) is 0 Å². The van der Waals surface area contributed by atoms with Gasteiger partial charge in [0, 0.05) is 36.5 Å². The van der Waals surface area contributed by atoms with Gasteiger partial charge in [-0.1, -0.05) is 18.2 Å². The van der Waals surface area contributed by atoms with Crippen LogP contribution >= 0.6 is 0 Å². The quantitative estimate of drug-likeness (QED) is 0.785. The number of fused-ring (bicyclic) bond motifs is 1. The van der Waals surface area contributed by atoms with Crippen LogP contribution in [0.1, 0.15) is 18.4 Å². The lowest BCUT2D eigenvalue weighted by atomic mass is 10.1. The van der Waals surface area contributed by atoms with Gasteiger partial charge in [-0.25, -0.2) is 5.43 Å². The summed E-state index contributed by atoms with van der Waals surface area (Å²) in [5.41, 5.74) is 4.97. The topological polar surface area (TPSA) is 86.3 Å². The van der Waals surface area contributed by atoms with Gasteiger partial charge in [0.1, 0.15) is 5.71 Å². The van der Waals surface area contributed by atoms with Crippen LogP contribution in [0.2, 0.25) is 0 Å². The zero-order chi connectivity index (χ0) is 14.7. The number of rotatable bonds is 4. The first-order chi connectivity index (χ1) is 10.2. The smallest absolute Gasteiger partial charge is 0.267 e. The number of aromatic amines is 1. The number of H-pyrrole nitrogens is 1. The summed E-state index contributed by atoms with van der Waals surface area (Å²) < 4.78 is 0. The van der Waals surface area contributed by atoms with E-state index in [4.69, 9.17) is 0 Å². The number of hydrazone groups is 1. The Labute approximate surface area is 121 Å². The third-order valence-electron chi connectivity index (χ3n) is 3.52. The highest BCUT2D eigenvalue weighted by molar-refractivity contribution is 6.39. The molecule has 3 rings (SSSR count). The SMILES string of the molecule is O=C1CCC(C(=O)NCCc2c[nH]c3ccccc23)=NN1. The Morgan fingerprint density at radius 2 is 2.14 bits per heavy atom. The van der Waals surface area contributed by atoms with E-state index in [1.165, 1.54) is 10.9 Å². The van der Waals surface area contributed by atoms with E-state index in [-0.39, 0.29) is 11.8 Å². The highest BCUT2D eigenvalue weighted by Crippen LogP contribution is 2.17. The summed E-state index contributed by atoms with van der Waals surface area (Å²) >= 11 is 0. The van der Waals surface area contributed by atoms with Gasteiger partial charge in [-0.3, -0.25) is 9.59 Å². The molecule has 0 saturated heterocycles. The van der Waals surface area contributed by atoms with E-state index in [9.17, 15) is 9.59 Å². The number of aromatic nitrogens is 1. The van der Waals surface area contributed by atoms with E-state index in [0.29, 0.717) is 25.1 Å². The number of nitrogens with one attached hydrogen (secondary N) is 3. The summed E-state index contributed by atoms with van der Waals surface area (Å²) in [6.45, 7) is 0.535. The second-order valence-corrected chi connectivity index (χ2v) is 4.96. The number of benzene rings is 1. The van der Waals surface area contributed by atoms with E-state index >= 15 is 0 Å². The third kappa shape index (κ3) is 2.94. The highest BCUT2D eigenvalue weighted by Gasteiger charge is 2.17. The van der Waals surface area contributed by atoms with Crippen molar-refractivity contribution in [2.45, 2.75) is 19.3 Å². The minimum atomic E-state index is -0.213.